The Labute approximate surface area is 76.3 Å². The molecule has 0 saturated heterocycles. The van der Waals surface area contributed by atoms with Crippen LogP contribution in [0.25, 0.3) is 0 Å². The summed E-state index contributed by atoms with van der Waals surface area (Å²) in [5.74, 6) is -0.445. The van der Waals surface area contributed by atoms with Gasteiger partial charge in [0.05, 0.1) is 4.47 Å². The minimum Gasteiger partial charge on any atom is -0.530 e. The molecule has 1 amide bonds. The third-order valence-electron chi connectivity index (χ3n) is 1.17. The number of amides is 1. The number of carboxylic acid groups (broad SMARTS) is 1. The predicted octanol–water partition coefficient (Wildman–Crippen LogP) is 1.34. The molecule has 0 saturated carbocycles. The standard InChI is InChI=1S/C7H5BrFNO2/c8-5-3-4(10-7(11)12)1-2-6(5)9/h1-3,10H,(H,11,12)/p-1. The maximum absolute atomic E-state index is 12.6. The summed E-state index contributed by atoms with van der Waals surface area (Å²) >= 11 is 2.91. The van der Waals surface area contributed by atoms with Gasteiger partial charge in [0.25, 0.3) is 0 Å². The first-order valence-electron chi connectivity index (χ1n) is 3.02. The summed E-state index contributed by atoms with van der Waals surface area (Å²) in [7, 11) is 0. The summed E-state index contributed by atoms with van der Waals surface area (Å²) in [4.78, 5) is 10.0. The van der Waals surface area contributed by atoms with Gasteiger partial charge in [-0.3, -0.25) is 0 Å². The molecule has 1 aromatic carbocycles. The van der Waals surface area contributed by atoms with Crippen molar-refractivity contribution in [1.29, 1.82) is 0 Å². The maximum Gasteiger partial charge on any atom is 0.138 e. The van der Waals surface area contributed by atoms with Gasteiger partial charge in [-0.2, -0.15) is 0 Å². The van der Waals surface area contributed by atoms with E-state index in [1.165, 1.54) is 12.1 Å². The number of carbonyl (C=O) groups excluding carboxylic acids is 1. The lowest BCUT2D eigenvalue weighted by atomic mass is 10.3. The lowest BCUT2D eigenvalue weighted by Gasteiger charge is -2.06. The Morgan fingerprint density at radius 2 is 2.25 bits per heavy atom. The number of rotatable bonds is 1. The molecule has 5 heteroatoms. The van der Waals surface area contributed by atoms with Crippen molar-refractivity contribution < 1.29 is 14.3 Å². The smallest absolute Gasteiger partial charge is 0.138 e. The van der Waals surface area contributed by atoms with Crippen LogP contribution in [0.5, 0.6) is 0 Å². The van der Waals surface area contributed by atoms with E-state index in [1.807, 2.05) is 5.32 Å². The van der Waals surface area contributed by atoms with Crippen molar-refractivity contribution in [2.75, 3.05) is 5.32 Å². The van der Waals surface area contributed by atoms with E-state index in [-0.39, 0.29) is 10.2 Å². The van der Waals surface area contributed by atoms with Gasteiger partial charge in [0.15, 0.2) is 0 Å². The van der Waals surface area contributed by atoms with E-state index < -0.39 is 11.9 Å². The van der Waals surface area contributed by atoms with Gasteiger partial charge in [-0.1, -0.05) is 0 Å². The van der Waals surface area contributed by atoms with Crippen LogP contribution in [0.15, 0.2) is 22.7 Å². The van der Waals surface area contributed by atoms with Gasteiger partial charge in [-0.15, -0.1) is 0 Å². The number of halogens is 2. The van der Waals surface area contributed by atoms with Gasteiger partial charge in [-0.25, -0.2) is 4.39 Å². The third-order valence-corrected chi connectivity index (χ3v) is 1.77. The molecule has 3 nitrogen and oxygen atoms in total. The minimum atomic E-state index is -1.42. The first-order valence-corrected chi connectivity index (χ1v) is 3.82. The number of benzene rings is 1. The molecule has 0 aliphatic heterocycles. The summed E-state index contributed by atoms with van der Waals surface area (Å²) < 4.78 is 12.8. The number of nitrogens with one attached hydrogen (secondary N) is 1. The highest BCUT2D eigenvalue weighted by molar-refractivity contribution is 9.10. The maximum atomic E-state index is 12.6. The molecule has 12 heavy (non-hydrogen) atoms. The molecule has 64 valence electrons. The zero-order valence-electron chi connectivity index (χ0n) is 5.80. The Bertz CT molecular complexity index is 316. The quantitative estimate of drug-likeness (QED) is 0.795. The van der Waals surface area contributed by atoms with E-state index in [9.17, 15) is 14.3 Å². The summed E-state index contributed by atoms with van der Waals surface area (Å²) in [6.45, 7) is 0. The highest BCUT2D eigenvalue weighted by Gasteiger charge is 1.99. The second-order valence-corrected chi connectivity index (χ2v) is 2.90. The van der Waals surface area contributed by atoms with E-state index in [4.69, 9.17) is 0 Å². The molecule has 0 atom stereocenters. The van der Waals surface area contributed by atoms with Crippen LogP contribution in [0.3, 0.4) is 0 Å². The van der Waals surface area contributed by atoms with Crippen molar-refractivity contribution in [1.82, 2.24) is 0 Å². The van der Waals surface area contributed by atoms with Crippen molar-refractivity contribution in [3.05, 3.63) is 28.5 Å². The largest absolute Gasteiger partial charge is 0.530 e. The number of anilines is 1. The Morgan fingerprint density at radius 3 is 2.75 bits per heavy atom. The zero-order valence-corrected chi connectivity index (χ0v) is 7.39. The van der Waals surface area contributed by atoms with E-state index >= 15 is 0 Å². The van der Waals surface area contributed by atoms with Crippen LogP contribution in [-0.4, -0.2) is 6.09 Å². The fourth-order valence-corrected chi connectivity index (χ4v) is 1.07. The van der Waals surface area contributed by atoms with E-state index in [0.717, 1.165) is 6.07 Å². The van der Waals surface area contributed by atoms with E-state index in [2.05, 4.69) is 15.9 Å². The second-order valence-electron chi connectivity index (χ2n) is 2.04. The molecule has 0 bridgehead atoms. The van der Waals surface area contributed by atoms with Gasteiger partial charge < -0.3 is 15.2 Å². The highest BCUT2D eigenvalue weighted by atomic mass is 79.9. The molecule has 0 aliphatic carbocycles. The average molecular weight is 233 g/mol. The van der Waals surface area contributed by atoms with E-state index in [1.54, 1.807) is 0 Å². The summed E-state index contributed by atoms with van der Waals surface area (Å²) in [5.41, 5.74) is 0.267. The molecule has 1 rings (SSSR count). The Hall–Kier alpha value is -1.10. The molecular weight excluding hydrogens is 229 g/mol. The Morgan fingerprint density at radius 1 is 1.58 bits per heavy atom. The van der Waals surface area contributed by atoms with Crippen LogP contribution >= 0.6 is 15.9 Å². The van der Waals surface area contributed by atoms with Crippen LogP contribution in [0, 0.1) is 5.82 Å². The van der Waals surface area contributed by atoms with Gasteiger partial charge in [-0.05, 0) is 34.1 Å². The molecule has 0 radical (unpaired) electrons. The first kappa shape index (κ1) is 8.99. The summed E-state index contributed by atoms with van der Waals surface area (Å²) in [5, 5.41) is 12.0. The third kappa shape index (κ3) is 2.20. The van der Waals surface area contributed by atoms with Gasteiger partial charge >= 0.3 is 0 Å². The molecule has 1 N–H and O–H groups in total. The number of carbonyl (C=O) groups is 1. The van der Waals surface area contributed by atoms with Crippen LogP contribution < -0.4 is 10.4 Å². The van der Waals surface area contributed by atoms with Crippen LogP contribution in [0.1, 0.15) is 0 Å². The fraction of sp³-hybridized carbons (Fsp3) is 0. The normalized spacial score (nSPS) is 9.50. The van der Waals surface area contributed by atoms with Crippen molar-refractivity contribution in [2.45, 2.75) is 0 Å². The minimum absolute atomic E-state index is 0.203. The van der Waals surface area contributed by atoms with Crippen LogP contribution in [0.4, 0.5) is 14.9 Å². The van der Waals surface area contributed by atoms with Gasteiger partial charge in [0.2, 0.25) is 0 Å². The lowest BCUT2D eigenvalue weighted by Crippen LogP contribution is -2.28. The van der Waals surface area contributed by atoms with Gasteiger partial charge in [0, 0.05) is 5.69 Å². The first-order chi connectivity index (χ1) is 5.59. The average Bonchev–Trinajstić information content (AvgIpc) is 1.96. The molecule has 1 aromatic rings. The predicted molar refractivity (Wildman–Crippen MR) is 43.1 cm³/mol. The molecule has 0 fully saturated rings. The molecule has 0 heterocycles. The van der Waals surface area contributed by atoms with E-state index in [0.29, 0.717) is 0 Å². The summed E-state index contributed by atoms with van der Waals surface area (Å²) in [6.07, 6.45) is -1.42. The van der Waals surface area contributed by atoms with Crippen molar-refractivity contribution in [3.63, 3.8) is 0 Å². The van der Waals surface area contributed by atoms with Crippen LogP contribution in [-0.2, 0) is 0 Å². The van der Waals surface area contributed by atoms with Crippen molar-refractivity contribution in [2.24, 2.45) is 0 Å². The van der Waals surface area contributed by atoms with Crippen molar-refractivity contribution >= 4 is 27.7 Å². The van der Waals surface area contributed by atoms with Crippen LogP contribution in [0.2, 0.25) is 0 Å². The lowest BCUT2D eigenvalue weighted by molar-refractivity contribution is -0.242. The molecule has 0 spiro atoms. The zero-order chi connectivity index (χ0) is 9.14. The highest BCUT2D eigenvalue weighted by Crippen LogP contribution is 2.19. The summed E-state index contributed by atoms with van der Waals surface area (Å²) in [6, 6.07) is 3.76. The molecular formula is C7H4BrFNO2-. The molecule has 0 unspecified atom stereocenters. The molecule has 0 aliphatic rings. The Kier molecular flexibility index (Phi) is 2.65. The van der Waals surface area contributed by atoms with Crippen molar-refractivity contribution in [3.8, 4) is 0 Å². The molecule has 0 aromatic heterocycles. The topological polar surface area (TPSA) is 52.2 Å². The Balaban J connectivity index is 2.89. The number of hydrogen-bond acceptors (Lipinski definition) is 2. The number of hydrogen-bond donors (Lipinski definition) is 1. The monoisotopic (exact) mass is 232 g/mol. The van der Waals surface area contributed by atoms with Gasteiger partial charge in [0.1, 0.15) is 11.9 Å². The SMILES string of the molecule is O=C([O-])Nc1ccc(F)c(Br)c1. The second kappa shape index (κ2) is 3.53. The fourth-order valence-electron chi connectivity index (χ4n) is 0.692.